The highest BCUT2D eigenvalue weighted by Crippen LogP contribution is 2.37. The molecule has 2 aliphatic heterocycles. The van der Waals surface area contributed by atoms with Crippen LogP contribution in [0.1, 0.15) is 44.7 Å². The molecule has 0 saturated carbocycles. The van der Waals surface area contributed by atoms with E-state index in [1.165, 1.54) is 11.1 Å². The van der Waals surface area contributed by atoms with Gasteiger partial charge in [0.1, 0.15) is 0 Å². The lowest BCUT2D eigenvalue weighted by molar-refractivity contribution is 0.00578. The molecule has 0 aromatic heterocycles. The monoisotopic (exact) mass is 274 g/mol. The Morgan fingerprint density at radius 1 is 1.05 bits per heavy atom. The number of hydrogen-bond donors (Lipinski definition) is 0. The van der Waals surface area contributed by atoms with Crippen LogP contribution in [0.15, 0.2) is 18.2 Å². The van der Waals surface area contributed by atoms with Crippen LogP contribution >= 0.6 is 0 Å². The van der Waals surface area contributed by atoms with Crippen molar-refractivity contribution < 1.29 is 14.0 Å². The predicted molar refractivity (Wildman–Crippen MR) is 80.5 cm³/mol. The summed E-state index contributed by atoms with van der Waals surface area (Å²) in [6.07, 6.45) is 0. The van der Waals surface area contributed by atoms with E-state index in [2.05, 4.69) is 52.8 Å². The van der Waals surface area contributed by atoms with Gasteiger partial charge in [-0.1, -0.05) is 23.8 Å². The quantitative estimate of drug-likeness (QED) is 0.775. The molecule has 0 bridgehead atoms. The second-order valence-electron chi connectivity index (χ2n) is 6.96. The third-order valence-corrected chi connectivity index (χ3v) is 4.83. The molecular weight excluding hydrogens is 251 g/mol. The standard InChI is InChI=1S/C16H23BO3/c1-11-6-7-13(12-9-18-10-12)14(8-11)17-19-15(2,3)16(4,5)20-17/h6-8,12H,9-10H2,1-5H3. The third-order valence-electron chi connectivity index (χ3n) is 4.83. The van der Waals surface area contributed by atoms with E-state index in [1.54, 1.807) is 0 Å². The maximum Gasteiger partial charge on any atom is 0.495 e. The highest BCUT2D eigenvalue weighted by molar-refractivity contribution is 6.62. The number of hydrogen-bond acceptors (Lipinski definition) is 3. The van der Waals surface area contributed by atoms with E-state index < -0.39 is 0 Å². The van der Waals surface area contributed by atoms with E-state index in [-0.39, 0.29) is 18.3 Å². The van der Waals surface area contributed by atoms with Crippen molar-refractivity contribution in [3.05, 3.63) is 29.3 Å². The van der Waals surface area contributed by atoms with Gasteiger partial charge in [0.25, 0.3) is 0 Å². The average molecular weight is 274 g/mol. The number of rotatable bonds is 2. The first-order chi connectivity index (χ1) is 9.30. The summed E-state index contributed by atoms with van der Waals surface area (Å²) in [6.45, 7) is 12.1. The van der Waals surface area contributed by atoms with E-state index >= 15 is 0 Å². The number of ether oxygens (including phenoxy) is 1. The fourth-order valence-corrected chi connectivity index (χ4v) is 2.66. The minimum atomic E-state index is -0.297. The molecule has 108 valence electrons. The molecule has 2 heterocycles. The number of aryl methyl sites for hydroxylation is 1. The second-order valence-corrected chi connectivity index (χ2v) is 6.96. The van der Waals surface area contributed by atoms with Crippen LogP contribution in [0.25, 0.3) is 0 Å². The highest BCUT2D eigenvalue weighted by Gasteiger charge is 2.52. The smallest absolute Gasteiger partial charge is 0.399 e. The second kappa shape index (κ2) is 4.59. The molecule has 1 aromatic rings. The molecule has 3 rings (SSSR count). The molecule has 0 N–H and O–H groups in total. The highest BCUT2D eigenvalue weighted by atomic mass is 16.7. The molecule has 0 unspecified atom stereocenters. The first kappa shape index (κ1) is 14.1. The molecule has 20 heavy (non-hydrogen) atoms. The lowest BCUT2D eigenvalue weighted by Crippen LogP contribution is -2.41. The van der Waals surface area contributed by atoms with Gasteiger partial charge in [0.15, 0.2) is 0 Å². The fourth-order valence-electron chi connectivity index (χ4n) is 2.66. The molecule has 0 radical (unpaired) electrons. The molecule has 4 heteroatoms. The Kier molecular flexibility index (Phi) is 3.24. The van der Waals surface area contributed by atoms with E-state index in [0.717, 1.165) is 18.7 Å². The number of benzene rings is 1. The summed E-state index contributed by atoms with van der Waals surface area (Å²) in [5.74, 6) is 0.477. The van der Waals surface area contributed by atoms with Gasteiger partial charge in [-0.05, 0) is 45.6 Å². The summed E-state index contributed by atoms with van der Waals surface area (Å²) in [7, 11) is -0.282. The van der Waals surface area contributed by atoms with Gasteiger partial charge in [-0.2, -0.15) is 0 Å². The van der Waals surface area contributed by atoms with Gasteiger partial charge in [0, 0.05) is 5.92 Å². The first-order valence-electron chi connectivity index (χ1n) is 7.34. The normalized spacial score (nSPS) is 24.8. The molecule has 3 nitrogen and oxygen atoms in total. The minimum Gasteiger partial charge on any atom is -0.399 e. The zero-order valence-electron chi connectivity index (χ0n) is 13.0. The topological polar surface area (TPSA) is 27.7 Å². The molecule has 0 spiro atoms. The summed E-state index contributed by atoms with van der Waals surface area (Å²) in [5, 5.41) is 0. The van der Waals surface area contributed by atoms with Gasteiger partial charge < -0.3 is 14.0 Å². The van der Waals surface area contributed by atoms with Gasteiger partial charge in [0.05, 0.1) is 24.4 Å². The largest absolute Gasteiger partial charge is 0.495 e. The summed E-state index contributed by atoms with van der Waals surface area (Å²) in [4.78, 5) is 0. The Morgan fingerprint density at radius 2 is 1.65 bits per heavy atom. The van der Waals surface area contributed by atoms with Gasteiger partial charge >= 0.3 is 7.12 Å². The SMILES string of the molecule is Cc1ccc(C2COC2)c(B2OC(C)(C)C(C)(C)O2)c1. The van der Waals surface area contributed by atoms with Gasteiger partial charge in [-0.15, -0.1) is 0 Å². The molecule has 2 aliphatic rings. The van der Waals surface area contributed by atoms with Crippen LogP contribution in [0.2, 0.25) is 0 Å². The van der Waals surface area contributed by atoms with Crippen molar-refractivity contribution in [3.63, 3.8) is 0 Å². The molecular formula is C16H23BO3. The van der Waals surface area contributed by atoms with Crippen LogP contribution < -0.4 is 5.46 Å². The minimum absolute atomic E-state index is 0.282. The van der Waals surface area contributed by atoms with Crippen molar-refractivity contribution in [1.82, 2.24) is 0 Å². The predicted octanol–water partition coefficient (Wildman–Crippen LogP) is 2.41. The average Bonchev–Trinajstić information content (AvgIpc) is 2.48. The van der Waals surface area contributed by atoms with Crippen LogP contribution in [0, 0.1) is 6.92 Å². The van der Waals surface area contributed by atoms with E-state index in [0.29, 0.717) is 5.92 Å². The van der Waals surface area contributed by atoms with Gasteiger partial charge in [0.2, 0.25) is 0 Å². The Bertz CT molecular complexity index is 504. The molecule has 2 saturated heterocycles. The maximum atomic E-state index is 6.20. The molecule has 1 aromatic carbocycles. The molecule has 2 fully saturated rings. The van der Waals surface area contributed by atoms with Crippen LogP contribution in [-0.2, 0) is 14.0 Å². The van der Waals surface area contributed by atoms with E-state index in [9.17, 15) is 0 Å². The summed E-state index contributed by atoms with van der Waals surface area (Å²) >= 11 is 0. The summed E-state index contributed by atoms with van der Waals surface area (Å²) < 4.78 is 17.7. The van der Waals surface area contributed by atoms with Crippen LogP contribution in [0.3, 0.4) is 0 Å². The molecule has 0 amide bonds. The van der Waals surface area contributed by atoms with Crippen molar-refractivity contribution in [2.24, 2.45) is 0 Å². The lowest BCUT2D eigenvalue weighted by Gasteiger charge is -2.32. The Hall–Kier alpha value is -0.835. The van der Waals surface area contributed by atoms with Gasteiger partial charge in [-0.3, -0.25) is 0 Å². The van der Waals surface area contributed by atoms with Gasteiger partial charge in [-0.25, -0.2) is 0 Å². The van der Waals surface area contributed by atoms with Crippen LogP contribution in [0.4, 0.5) is 0 Å². The maximum absolute atomic E-state index is 6.20. The molecule has 0 aliphatic carbocycles. The first-order valence-corrected chi connectivity index (χ1v) is 7.34. The lowest BCUT2D eigenvalue weighted by atomic mass is 9.72. The van der Waals surface area contributed by atoms with Crippen molar-refractivity contribution in [2.45, 2.75) is 51.7 Å². The van der Waals surface area contributed by atoms with Crippen molar-refractivity contribution >= 4 is 12.6 Å². The third kappa shape index (κ3) is 2.20. The summed E-state index contributed by atoms with van der Waals surface area (Å²) in [5.41, 5.74) is 3.11. The Balaban J connectivity index is 1.96. The van der Waals surface area contributed by atoms with Crippen molar-refractivity contribution in [2.75, 3.05) is 13.2 Å². The van der Waals surface area contributed by atoms with Crippen LogP contribution in [0.5, 0.6) is 0 Å². The van der Waals surface area contributed by atoms with E-state index in [1.807, 2.05) is 0 Å². The fraction of sp³-hybridized carbons (Fsp3) is 0.625. The zero-order chi connectivity index (χ0) is 14.5. The van der Waals surface area contributed by atoms with E-state index in [4.69, 9.17) is 14.0 Å². The van der Waals surface area contributed by atoms with Crippen molar-refractivity contribution in [1.29, 1.82) is 0 Å². The molecule has 0 atom stereocenters. The zero-order valence-corrected chi connectivity index (χ0v) is 13.0. The van der Waals surface area contributed by atoms with Crippen molar-refractivity contribution in [3.8, 4) is 0 Å². The Morgan fingerprint density at radius 3 is 2.15 bits per heavy atom. The van der Waals surface area contributed by atoms with Crippen LogP contribution in [-0.4, -0.2) is 31.5 Å². The summed E-state index contributed by atoms with van der Waals surface area (Å²) in [6, 6.07) is 6.54. The Labute approximate surface area is 121 Å².